The summed E-state index contributed by atoms with van der Waals surface area (Å²) in [6.45, 7) is 1.45. The smallest absolute Gasteiger partial charge is 0.325 e. The van der Waals surface area contributed by atoms with Crippen LogP contribution in [0, 0.1) is 0 Å². The number of nitrogens with zero attached hydrogens (tertiary/aromatic N) is 3. The number of aryl methyl sites for hydroxylation is 1. The van der Waals surface area contributed by atoms with Crippen molar-refractivity contribution in [2.45, 2.75) is 19.9 Å². The van der Waals surface area contributed by atoms with Gasteiger partial charge in [-0.1, -0.05) is 13.0 Å². The first-order valence-electron chi connectivity index (χ1n) is 6.86. The van der Waals surface area contributed by atoms with Gasteiger partial charge in [-0.05, 0) is 18.2 Å². The maximum atomic E-state index is 12.5. The molecule has 0 spiro atoms. The molecule has 7 heteroatoms. The van der Waals surface area contributed by atoms with Gasteiger partial charge < -0.3 is 9.84 Å². The molecule has 1 aromatic carbocycles. The van der Waals surface area contributed by atoms with Crippen molar-refractivity contribution in [3.8, 4) is 5.75 Å². The molecule has 114 valence electrons. The molecule has 0 saturated heterocycles. The van der Waals surface area contributed by atoms with E-state index in [0.717, 1.165) is 15.6 Å². The van der Waals surface area contributed by atoms with Gasteiger partial charge in [0.25, 0.3) is 5.56 Å². The first kappa shape index (κ1) is 14.1. The van der Waals surface area contributed by atoms with E-state index in [1.165, 1.54) is 0 Å². The zero-order valence-electron chi connectivity index (χ0n) is 12.2. The Hall–Kier alpha value is -2.83. The quantitative estimate of drug-likeness (QED) is 0.785. The fourth-order valence-corrected chi connectivity index (χ4v) is 2.64. The van der Waals surface area contributed by atoms with Gasteiger partial charge in [0.15, 0.2) is 0 Å². The van der Waals surface area contributed by atoms with Crippen LogP contribution in [0.1, 0.15) is 12.7 Å². The van der Waals surface area contributed by atoms with Crippen LogP contribution in [0.2, 0.25) is 0 Å². The molecule has 0 fully saturated rings. The van der Waals surface area contributed by atoms with Crippen LogP contribution in [0.4, 0.5) is 0 Å². The number of aliphatic carboxylic acids is 1. The van der Waals surface area contributed by atoms with Crippen molar-refractivity contribution in [3.63, 3.8) is 0 Å². The van der Waals surface area contributed by atoms with Gasteiger partial charge in [-0.2, -0.15) is 5.10 Å². The van der Waals surface area contributed by atoms with E-state index in [-0.39, 0.29) is 0 Å². The van der Waals surface area contributed by atoms with Crippen molar-refractivity contribution in [1.82, 2.24) is 14.2 Å². The molecule has 0 unspecified atom stereocenters. The number of fused-ring (bicyclic) bond motifs is 3. The third-order valence-corrected chi connectivity index (χ3v) is 3.57. The molecule has 0 atom stereocenters. The van der Waals surface area contributed by atoms with Gasteiger partial charge in [-0.25, -0.2) is 4.68 Å². The zero-order valence-corrected chi connectivity index (χ0v) is 12.2. The standard InChI is InChI=1S/C15H15N3O4/c1-3-13-16-17(8-14(19)20)15(21)11-7-9-10(18(11)13)5-4-6-12(9)22-2/h4-7H,3,8H2,1-2H3,(H,19,20). The van der Waals surface area contributed by atoms with E-state index < -0.39 is 18.1 Å². The summed E-state index contributed by atoms with van der Waals surface area (Å²) in [5, 5.41) is 13.9. The largest absolute Gasteiger partial charge is 0.496 e. The Balaban J connectivity index is 2.45. The summed E-state index contributed by atoms with van der Waals surface area (Å²) < 4.78 is 8.08. The highest BCUT2D eigenvalue weighted by atomic mass is 16.5. The molecule has 0 aliphatic rings. The van der Waals surface area contributed by atoms with Crippen LogP contribution in [0.25, 0.3) is 16.4 Å². The summed E-state index contributed by atoms with van der Waals surface area (Å²) in [6.07, 6.45) is 0.567. The Bertz CT molecular complexity index is 939. The van der Waals surface area contributed by atoms with Crippen LogP contribution in [0.5, 0.6) is 5.75 Å². The fourth-order valence-electron chi connectivity index (χ4n) is 2.64. The number of carboxylic acid groups (broad SMARTS) is 1. The highest BCUT2D eigenvalue weighted by Gasteiger charge is 2.16. The highest BCUT2D eigenvalue weighted by Crippen LogP contribution is 2.28. The summed E-state index contributed by atoms with van der Waals surface area (Å²) in [4.78, 5) is 23.4. The van der Waals surface area contributed by atoms with Crippen LogP contribution in [-0.2, 0) is 17.8 Å². The SMILES string of the molecule is CCc1nn(CC(=O)O)c(=O)c2cc3c(OC)cccc3n12. The van der Waals surface area contributed by atoms with E-state index in [4.69, 9.17) is 9.84 Å². The van der Waals surface area contributed by atoms with Gasteiger partial charge in [-0.15, -0.1) is 0 Å². The Morgan fingerprint density at radius 2 is 2.14 bits per heavy atom. The van der Waals surface area contributed by atoms with Crippen molar-refractivity contribution >= 4 is 22.4 Å². The lowest BCUT2D eigenvalue weighted by Crippen LogP contribution is -2.29. The number of benzene rings is 1. The molecule has 3 rings (SSSR count). The molecule has 0 aliphatic carbocycles. The first-order chi connectivity index (χ1) is 10.6. The first-order valence-corrected chi connectivity index (χ1v) is 6.86. The number of hydrogen-bond donors (Lipinski definition) is 1. The van der Waals surface area contributed by atoms with E-state index in [0.29, 0.717) is 23.5 Å². The van der Waals surface area contributed by atoms with E-state index >= 15 is 0 Å². The topological polar surface area (TPSA) is 85.8 Å². The molecule has 7 nitrogen and oxygen atoms in total. The van der Waals surface area contributed by atoms with Crippen LogP contribution in [0.15, 0.2) is 29.1 Å². The Kier molecular flexibility index (Phi) is 3.32. The lowest BCUT2D eigenvalue weighted by Gasteiger charge is -2.08. The summed E-state index contributed by atoms with van der Waals surface area (Å²) >= 11 is 0. The second-order valence-corrected chi connectivity index (χ2v) is 4.88. The molecule has 0 amide bonds. The van der Waals surface area contributed by atoms with E-state index in [1.54, 1.807) is 17.6 Å². The van der Waals surface area contributed by atoms with Crippen molar-refractivity contribution in [3.05, 3.63) is 40.4 Å². The number of rotatable bonds is 4. The monoisotopic (exact) mass is 301 g/mol. The molecule has 22 heavy (non-hydrogen) atoms. The predicted molar refractivity (Wildman–Crippen MR) is 80.5 cm³/mol. The van der Waals surface area contributed by atoms with Crippen LogP contribution >= 0.6 is 0 Å². The summed E-state index contributed by atoms with van der Waals surface area (Å²) in [6, 6.07) is 7.26. The van der Waals surface area contributed by atoms with Gasteiger partial charge in [0.05, 0.1) is 12.6 Å². The molecular weight excluding hydrogens is 286 g/mol. The number of carboxylic acids is 1. The number of ether oxygens (including phenoxy) is 1. The minimum absolute atomic E-state index is 0.396. The maximum Gasteiger partial charge on any atom is 0.325 e. The predicted octanol–water partition coefficient (Wildman–Crippen LogP) is 1.30. The van der Waals surface area contributed by atoms with Crippen molar-refractivity contribution in [1.29, 1.82) is 0 Å². The fraction of sp³-hybridized carbons (Fsp3) is 0.267. The molecule has 0 bridgehead atoms. The molecule has 2 heterocycles. The van der Waals surface area contributed by atoms with Crippen molar-refractivity contribution < 1.29 is 14.6 Å². The van der Waals surface area contributed by atoms with Crippen LogP contribution < -0.4 is 10.3 Å². The average molecular weight is 301 g/mol. The molecule has 0 saturated carbocycles. The van der Waals surface area contributed by atoms with Crippen molar-refractivity contribution in [2.24, 2.45) is 0 Å². The number of aromatic nitrogens is 3. The van der Waals surface area contributed by atoms with Crippen LogP contribution in [0.3, 0.4) is 0 Å². The Morgan fingerprint density at radius 3 is 2.77 bits per heavy atom. The van der Waals surface area contributed by atoms with E-state index in [2.05, 4.69) is 5.10 Å². The van der Waals surface area contributed by atoms with E-state index in [9.17, 15) is 9.59 Å². The van der Waals surface area contributed by atoms with Gasteiger partial charge in [0.2, 0.25) is 0 Å². The Morgan fingerprint density at radius 1 is 1.36 bits per heavy atom. The number of carbonyl (C=O) groups is 1. The third kappa shape index (κ3) is 2.02. The Labute approximate surface area is 125 Å². The molecule has 0 aliphatic heterocycles. The lowest BCUT2D eigenvalue weighted by molar-refractivity contribution is -0.138. The molecule has 3 aromatic rings. The second-order valence-electron chi connectivity index (χ2n) is 4.88. The lowest BCUT2D eigenvalue weighted by atomic mass is 10.2. The van der Waals surface area contributed by atoms with Gasteiger partial charge >= 0.3 is 5.97 Å². The molecule has 0 radical (unpaired) electrons. The highest BCUT2D eigenvalue weighted by molar-refractivity contribution is 5.92. The van der Waals surface area contributed by atoms with Gasteiger partial charge in [-0.3, -0.25) is 14.0 Å². The number of methoxy groups -OCH3 is 1. The summed E-state index contributed by atoms with van der Waals surface area (Å²) in [7, 11) is 1.57. The zero-order chi connectivity index (χ0) is 15.9. The van der Waals surface area contributed by atoms with Crippen molar-refractivity contribution in [2.75, 3.05) is 7.11 Å². The molecule has 1 N–H and O–H groups in total. The van der Waals surface area contributed by atoms with Crippen LogP contribution in [-0.4, -0.2) is 32.4 Å². The maximum absolute atomic E-state index is 12.5. The van der Waals surface area contributed by atoms with E-state index in [1.807, 2.05) is 25.1 Å². The van der Waals surface area contributed by atoms with Gasteiger partial charge in [0, 0.05) is 11.8 Å². The summed E-state index contributed by atoms with van der Waals surface area (Å²) in [5.74, 6) is 0.182. The minimum atomic E-state index is -1.10. The number of hydrogen-bond acceptors (Lipinski definition) is 4. The summed E-state index contributed by atoms with van der Waals surface area (Å²) in [5.41, 5.74) is 0.781. The third-order valence-electron chi connectivity index (χ3n) is 3.57. The van der Waals surface area contributed by atoms with Gasteiger partial charge in [0.1, 0.15) is 23.6 Å². The normalized spacial score (nSPS) is 11.2. The molecule has 2 aromatic heterocycles. The minimum Gasteiger partial charge on any atom is -0.496 e. The second kappa shape index (κ2) is 5.18. The molecular formula is C15H15N3O4. The average Bonchev–Trinajstić information content (AvgIpc) is 2.89.